The van der Waals surface area contributed by atoms with Gasteiger partial charge in [-0.1, -0.05) is 17.7 Å². The highest BCUT2D eigenvalue weighted by Gasteiger charge is 2.30. The Morgan fingerprint density at radius 1 is 0.966 bits per heavy atom. The summed E-state index contributed by atoms with van der Waals surface area (Å²) in [6.07, 6.45) is 17.6. The van der Waals surface area contributed by atoms with E-state index in [1.807, 2.05) is 6.07 Å². The number of ketones is 1. The maximum atomic E-state index is 12.0. The Morgan fingerprint density at radius 2 is 1.86 bits per heavy atom. The number of carbonyl (C=O) groups is 1. The molecular formula is C25H35N3O. The van der Waals surface area contributed by atoms with E-state index in [0.717, 1.165) is 31.4 Å². The number of piperazine rings is 1. The minimum Gasteiger partial charge on any atom is -0.351 e. The number of aryl methyl sites for hydroxylation is 1. The van der Waals surface area contributed by atoms with Crippen LogP contribution in [0, 0.1) is 0 Å². The van der Waals surface area contributed by atoms with Gasteiger partial charge >= 0.3 is 0 Å². The number of aromatic nitrogens is 1. The number of Topliss-reactive ketones (excluding diaryl/α,β-unsaturated/α-hetero) is 1. The summed E-state index contributed by atoms with van der Waals surface area (Å²) >= 11 is 0. The van der Waals surface area contributed by atoms with Crippen molar-refractivity contribution in [2.24, 2.45) is 0 Å². The fourth-order valence-electron chi connectivity index (χ4n) is 5.95. The number of carbonyl (C=O) groups excluding carboxylic acids is 1. The van der Waals surface area contributed by atoms with Crippen molar-refractivity contribution >= 4 is 5.78 Å². The molecule has 1 saturated heterocycles. The van der Waals surface area contributed by atoms with E-state index in [4.69, 9.17) is 0 Å². The van der Waals surface area contributed by atoms with Gasteiger partial charge in [-0.2, -0.15) is 0 Å². The Labute approximate surface area is 175 Å². The van der Waals surface area contributed by atoms with Gasteiger partial charge in [0.25, 0.3) is 0 Å². The predicted molar refractivity (Wildman–Crippen MR) is 117 cm³/mol. The van der Waals surface area contributed by atoms with E-state index in [1.54, 1.807) is 11.1 Å². The number of allylic oxidation sites excluding steroid dienone is 2. The van der Waals surface area contributed by atoms with E-state index in [0.29, 0.717) is 11.8 Å². The van der Waals surface area contributed by atoms with Crippen LogP contribution in [0.5, 0.6) is 0 Å². The van der Waals surface area contributed by atoms with Gasteiger partial charge in [-0.25, -0.2) is 0 Å². The minimum absolute atomic E-state index is 0.343. The molecule has 1 fully saturated rings. The van der Waals surface area contributed by atoms with E-state index in [-0.39, 0.29) is 0 Å². The largest absolute Gasteiger partial charge is 0.351 e. The van der Waals surface area contributed by atoms with Crippen LogP contribution in [0.1, 0.15) is 67.4 Å². The molecule has 5 rings (SSSR count). The molecular weight excluding hydrogens is 358 g/mol. The molecule has 0 saturated carbocycles. The third-order valence-corrected chi connectivity index (χ3v) is 7.55. The highest BCUT2D eigenvalue weighted by atomic mass is 16.1. The number of nitrogens with zero attached hydrogens (tertiary/aromatic N) is 3. The molecule has 4 aliphatic rings. The molecule has 29 heavy (non-hydrogen) atoms. The third kappa shape index (κ3) is 4.02. The van der Waals surface area contributed by atoms with Crippen molar-refractivity contribution < 1.29 is 4.79 Å². The molecule has 1 unspecified atom stereocenters. The van der Waals surface area contributed by atoms with Gasteiger partial charge in [0.1, 0.15) is 0 Å². The molecule has 4 nitrogen and oxygen atoms in total. The summed E-state index contributed by atoms with van der Waals surface area (Å²) in [7, 11) is 0. The highest BCUT2D eigenvalue weighted by Crippen LogP contribution is 2.35. The van der Waals surface area contributed by atoms with Gasteiger partial charge in [0.05, 0.1) is 0 Å². The second-order valence-electron chi connectivity index (χ2n) is 9.29. The standard InChI is InChI=1S/C25H35N3O/c29-25-11-4-10-24-22(25)12-15-27(24)14-5-13-26-16-18-28(19-17-26)23-9-3-7-20-6-1-2-8-21(20)23/h2,8,12,15,23H,1,3-7,9-11,13-14,16-19H2. The second kappa shape index (κ2) is 8.61. The van der Waals surface area contributed by atoms with Gasteiger partial charge in [-0.3, -0.25) is 9.69 Å². The van der Waals surface area contributed by atoms with Gasteiger partial charge in [0, 0.05) is 62.6 Å². The number of rotatable bonds is 5. The molecule has 1 aromatic heterocycles. The van der Waals surface area contributed by atoms with Crippen molar-refractivity contribution in [1.29, 1.82) is 0 Å². The van der Waals surface area contributed by atoms with E-state index in [1.165, 1.54) is 76.9 Å². The summed E-state index contributed by atoms with van der Waals surface area (Å²) in [6, 6.07) is 2.73. The SMILES string of the molecule is O=C1CCCc2c1ccn2CCCN1CCN(C2CCCC3=C2C=CCC3)CC1. The molecule has 0 amide bonds. The van der Waals surface area contributed by atoms with Crippen LogP contribution in [0.4, 0.5) is 0 Å². The van der Waals surface area contributed by atoms with E-state index < -0.39 is 0 Å². The highest BCUT2D eigenvalue weighted by molar-refractivity contribution is 5.98. The van der Waals surface area contributed by atoms with Crippen LogP contribution in [-0.2, 0) is 13.0 Å². The first-order valence-corrected chi connectivity index (χ1v) is 11.9. The van der Waals surface area contributed by atoms with Gasteiger partial charge in [0.2, 0.25) is 0 Å². The van der Waals surface area contributed by atoms with Crippen molar-refractivity contribution in [1.82, 2.24) is 14.4 Å². The lowest BCUT2D eigenvalue weighted by Gasteiger charge is -2.42. The second-order valence-corrected chi connectivity index (χ2v) is 9.29. The normalized spacial score (nSPS) is 25.9. The van der Waals surface area contributed by atoms with Crippen LogP contribution in [-0.4, -0.2) is 58.9 Å². The molecule has 0 N–H and O–H groups in total. The topological polar surface area (TPSA) is 28.5 Å². The summed E-state index contributed by atoms with van der Waals surface area (Å²) in [5.41, 5.74) is 5.69. The summed E-state index contributed by atoms with van der Waals surface area (Å²) < 4.78 is 2.34. The Morgan fingerprint density at radius 3 is 2.76 bits per heavy atom. The van der Waals surface area contributed by atoms with Crippen LogP contribution < -0.4 is 0 Å². The van der Waals surface area contributed by atoms with Gasteiger partial charge in [-0.15, -0.1) is 0 Å². The van der Waals surface area contributed by atoms with Crippen LogP contribution in [0.25, 0.3) is 0 Å². The molecule has 1 aliphatic heterocycles. The van der Waals surface area contributed by atoms with Crippen molar-refractivity contribution in [2.45, 2.75) is 70.4 Å². The summed E-state index contributed by atoms with van der Waals surface area (Å²) in [5.74, 6) is 0.343. The van der Waals surface area contributed by atoms with Crippen LogP contribution in [0.15, 0.2) is 35.6 Å². The minimum atomic E-state index is 0.343. The van der Waals surface area contributed by atoms with Gasteiger partial charge < -0.3 is 9.47 Å². The quantitative estimate of drug-likeness (QED) is 0.750. The van der Waals surface area contributed by atoms with Crippen LogP contribution in [0.2, 0.25) is 0 Å². The van der Waals surface area contributed by atoms with Crippen molar-refractivity contribution in [2.75, 3.05) is 32.7 Å². The summed E-state index contributed by atoms with van der Waals surface area (Å²) in [4.78, 5) is 17.4. The fraction of sp³-hybridized carbons (Fsp3) is 0.640. The zero-order valence-electron chi connectivity index (χ0n) is 17.7. The van der Waals surface area contributed by atoms with E-state index in [2.05, 4.69) is 32.7 Å². The Hall–Kier alpha value is -1.65. The first kappa shape index (κ1) is 19.3. The number of fused-ring (bicyclic) bond motifs is 1. The zero-order valence-corrected chi connectivity index (χ0v) is 17.7. The summed E-state index contributed by atoms with van der Waals surface area (Å²) in [5, 5.41) is 0. The van der Waals surface area contributed by atoms with Gasteiger partial charge in [0.15, 0.2) is 5.78 Å². The average Bonchev–Trinajstić information content (AvgIpc) is 3.18. The molecule has 0 bridgehead atoms. The fourth-order valence-corrected chi connectivity index (χ4v) is 5.95. The molecule has 0 spiro atoms. The van der Waals surface area contributed by atoms with Crippen molar-refractivity contribution in [3.63, 3.8) is 0 Å². The smallest absolute Gasteiger partial charge is 0.164 e. The molecule has 4 heteroatoms. The lowest BCUT2D eigenvalue weighted by molar-refractivity contribution is 0.0970. The maximum Gasteiger partial charge on any atom is 0.164 e. The third-order valence-electron chi connectivity index (χ3n) is 7.55. The Balaban J connectivity index is 1.11. The average molecular weight is 394 g/mol. The van der Waals surface area contributed by atoms with Crippen LogP contribution in [0.3, 0.4) is 0 Å². The number of hydrogen-bond acceptors (Lipinski definition) is 3. The van der Waals surface area contributed by atoms with Crippen molar-refractivity contribution in [3.05, 3.63) is 46.8 Å². The Bertz CT molecular complexity index is 810. The Kier molecular flexibility index (Phi) is 5.74. The van der Waals surface area contributed by atoms with Crippen LogP contribution >= 0.6 is 0 Å². The number of hydrogen-bond donors (Lipinski definition) is 0. The molecule has 1 aromatic rings. The molecule has 3 aliphatic carbocycles. The molecule has 156 valence electrons. The lowest BCUT2D eigenvalue weighted by Crippen LogP contribution is -2.51. The first-order chi connectivity index (χ1) is 14.3. The first-order valence-electron chi connectivity index (χ1n) is 11.9. The molecule has 0 aromatic carbocycles. The van der Waals surface area contributed by atoms with Gasteiger partial charge in [-0.05, 0) is 69.6 Å². The summed E-state index contributed by atoms with van der Waals surface area (Å²) in [6.45, 7) is 7.04. The zero-order chi connectivity index (χ0) is 19.6. The van der Waals surface area contributed by atoms with E-state index >= 15 is 0 Å². The van der Waals surface area contributed by atoms with Crippen molar-refractivity contribution in [3.8, 4) is 0 Å². The molecule has 0 radical (unpaired) electrons. The lowest BCUT2D eigenvalue weighted by atomic mass is 9.82. The van der Waals surface area contributed by atoms with E-state index in [9.17, 15) is 4.79 Å². The molecule has 1 atom stereocenters. The monoisotopic (exact) mass is 393 g/mol. The maximum absolute atomic E-state index is 12.0. The predicted octanol–water partition coefficient (Wildman–Crippen LogP) is 4.21. The molecule has 2 heterocycles.